The van der Waals surface area contributed by atoms with Crippen LogP contribution in [0.2, 0.25) is 10.0 Å². The summed E-state index contributed by atoms with van der Waals surface area (Å²) in [6, 6.07) is 10.8. The lowest BCUT2D eigenvalue weighted by Crippen LogP contribution is -2.34. The molecule has 2 aromatic rings. The molecule has 1 aliphatic carbocycles. The second-order valence-electron chi connectivity index (χ2n) is 6.37. The number of nitrogens with one attached hydrogen (secondary N) is 1. The summed E-state index contributed by atoms with van der Waals surface area (Å²) in [7, 11) is 0. The van der Waals surface area contributed by atoms with E-state index in [2.05, 4.69) is 5.32 Å². The van der Waals surface area contributed by atoms with Crippen molar-refractivity contribution in [3.05, 3.63) is 74.8 Å². The van der Waals surface area contributed by atoms with Gasteiger partial charge in [0.05, 0.1) is 11.6 Å². The van der Waals surface area contributed by atoms with Gasteiger partial charge in [0, 0.05) is 21.2 Å². The quantitative estimate of drug-likeness (QED) is 0.516. The van der Waals surface area contributed by atoms with Gasteiger partial charge in [-0.25, -0.2) is 0 Å². The molecule has 0 heterocycles. The Balaban J connectivity index is 2.16. The Hall–Kier alpha value is -2.14. The lowest BCUT2D eigenvalue weighted by atomic mass is 9.83. The summed E-state index contributed by atoms with van der Waals surface area (Å²) in [6.07, 6.45) is 1.82. The molecule has 0 saturated heterocycles. The van der Waals surface area contributed by atoms with Crippen molar-refractivity contribution in [2.24, 2.45) is 0 Å². The smallest absolute Gasteiger partial charge is 0.235 e. The van der Waals surface area contributed by atoms with Gasteiger partial charge in [-0.3, -0.25) is 9.59 Å². The molecule has 0 fully saturated rings. The van der Waals surface area contributed by atoms with Gasteiger partial charge in [-0.2, -0.15) is 0 Å². The molecule has 27 heavy (non-hydrogen) atoms. The Morgan fingerprint density at radius 3 is 2.41 bits per heavy atom. The van der Waals surface area contributed by atoms with Crippen LogP contribution in [0.15, 0.2) is 48.0 Å². The number of aliphatic hydroxyl groups excluding tert-OH is 1. The summed E-state index contributed by atoms with van der Waals surface area (Å²) < 4.78 is 0. The maximum Gasteiger partial charge on any atom is 0.235 e. The highest BCUT2D eigenvalue weighted by Gasteiger charge is 2.37. The highest BCUT2D eigenvalue weighted by Crippen LogP contribution is 2.37. The lowest BCUT2D eigenvalue weighted by Gasteiger charge is -2.26. The summed E-state index contributed by atoms with van der Waals surface area (Å²) in [6.45, 7) is 2.65. The lowest BCUT2D eigenvalue weighted by molar-refractivity contribution is -0.112. The molecule has 0 bridgehead atoms. The average Bonchev–Trinajstić information content (AvgIpc) is 2.65. The van der Waals surface area contributed by atoms with Gasteiger partial charge in [-0.15, -0.1) is 0 Å². The fraction of sp³-hybridized carbons (Fsp3) is 0.238. The van der Waals surface area contributed by atoms with Crippen LogP contribution in [0, 0.1) is 0 Å². The minimum atomic E-state index is -0.730. The van der Waals surface area contributed by atoms with Gasteiger partial charge in [-0.05, 0) is 30.7 Å². The number of unbranched alkanes of at least 4 members (excludes halogenated alkanes) is 1. The van der Waals surface area contributed by atoms with Gasteiger partial charge >= 0.3 is 0 Å². The Labute approximate surface area is 167 Å². The van der Waals surface area contributed by atoms with Crippen LogP contribution in [0.25, 0.3) is 5.76 Å². The molecule has 1 atom stereocenters. The molecule has 6 heteroatoms. The predicted molar refractivity (Wildman–Crippen MR) is 107 cm³/mol. The summed E-state index contributed by atoms with van der Waals surface area (Å²) in [4.78, 5) is 25.4. The van der Waals surface area contributed by atoms with Crippen molar-refractivity contribution in [1.29, 1.82) is 0 Å². The van der Waals surface area contributed by atoms with Crippen molar-refractivity contribution < 1.29 is 14.7 Å². The summed E-state index contributed by atoms with van der Waals surface area (Å²) in [5, 5.41) is 14.9. The number of carbonyl (C=O) groups is 2. The van der Waals surface area contributed by atoms with Crippen LogP contribution in [0.4, 0.5) is 0 Å². The summed E-state index contributed by atoms with van der Waals surface area (Å²) >= 11 is 12.4. The number of aliphatic hydroxyl groups is 1. The van der Waals surface area contributed by atoms with E-state index in [0.29, 0.717) is 27.7 Å². The van der Waals surface area contributed by atoms with Gasteiger partial charge in [-0.1, -0.05) is 66.9 Å². The molecule has 1 aliphatic rings. The molecule has 0 aliphatic heterocycles. The molecule has 4 nitrogen and oxygen atoms in total. The molecule has 0 aromatic heterocycles. The van der Waals surface area contributed by atoms with E-state index in [4.69, 9.17) is 23.2 Å². The zero-order chi connectivity index (χ0) is 19.6. The van der Waals surface area contributed by atoms with Gasteiger partial charge in [0.1, 0.15) is 5.76 Å². The maximum absolute atomic E-state index is 12.8. The number of Topliss-reactive ketones (excluding diaryl/α,β-unsaturated/α-hetero) is 2. The monoisotopic (exact) mass is 403 g/mol. The first-order valence-corrected chi connectivity index (χ1v) is 9.51. The Morgan fingerprint density at radius 1 is 1.04 bits per heavy atom. The van der Waals surface area contributed by atoms with Crippen LogP contribution in [0.1, 0.15) is 47.3 Å². The van der Waals surface area contributed by atoms with E-state index in [1.807, 2.05) is 6.92 Å². The van der Waals surface area contributed by atoms with Crippen LogP contribution in [0.3, 0.4) is 0 Å². The van der Waals surface area contributed by atoms with Crippen molar-refractivity contribution in [1.82, 2.24) is 5.32 Å². The van der Waals surface area contributed by atoms with E-state index < -0.39 is 17.6 Å². The van der Waals surface area contributed by atoms with E-state index in [1.54, 1.807) is 36.4 Å². The van der Waals surface area contributed by atoms with Crippen molar-refractivity contribution in [2.45, 2.75) is 25.8 Å². The minimum absolute atomic E-state index is 0.0130. The highest BCUT2D eigenvalue weighted by molar-refractivity contribution is 6.52. The average molecular weight is 404 g/mol. The molecule has 3 rings (SSSR count). The van der Waals surface area contributed by atoms with Crippen molar-refractivity contribution in [2.75, 3.05) is 6.54 Å². The largest absolute Gasteiger partial charge is 0.507 e. The number of hydrogen-bond donors (Lipinski definition) is 2. The molecule has 0 saturated carbocycles. The number of carbonyl (C=O) groups excluding carboxylic acids is 2. The third kappa shape index (κ3) is 3.79. The summed E-state index contributed by atoms with van der Waals surface area (Å²) in [5.74, 6) is -1.56. The Morgan fingerprint density at radius 2 is 1.74 bits per heavy atom. The van der Waals surface area contributed by atoms with Gasteiger partial charge < -0.3 is 10.4 Å². The van der Waals surface area contributed by atoms with Gasteiger partial charge in [0.2, 0.25) is 11.6 Å². The molecule has 2 aromatic carbocycles. The van der Waals surface area contributed by atoms with Gasteiger partial charge in [0.25, 0.3) is 0 Å². The zero-order valence-corrected chi connectivity index (χ0v) is 16.3. The van der Waals surface area contributed by atoms with Crippen molar-refractivity contribution in [3.63, 3.8) is 0 Å². The molecule has 1 unspecified atom stereocenters. The molecule has 2 N–H and O–H groups in total. The fourth-order valence-electron chi connectivity index (χ4n) is 3.18. The van der Waals surface area contributed by atoms with E-state index in [0.717, 1.165) is 12.8 Å². The molecular weight excluding hydrogens is 385 g/mol. The number of benzene rings is 2. The van der Waals surface area contributed by atoms with Crippen LogP contribution in [-0.4, -0.2) is 23.2 Å². The molecular formula is C21H19Cl2NO3. The zero-order valence-electron chi connectivity index (χ0n) is 14.8. The SMILES string of the molecule is CCCCNC(C1=C(O)c2ccccc2C(=O)C1=O)c1ccc(Cl)cc1Cl. The maximum atomic E-state index is 12.8. The van der Waals surface area contributed by atoms with E-state index in [1.165, 1.54) is 6.07 Å². The standard InChI is InChI=1S/C21H19Cl2NO3/c1-2-3-10-24-18(15-9-8-12(22)11-16(15)23)17-19(25)13-6-4-5-7-14(13)20(26)21(17)27/h4-9,11,18,24-25H,2-3,10H2,1H3. The summed E-state index contributed by atoms with van der Waals surface area (Å²) in [5.41, 5.74) is 1.15. The minimum Gasteiger partial charge on any atom is -0.507 e. The third-order valence-corrected chi connectivity index (χ3v) is 5.14. The number of ketones is 2. The first-order valence-electron chi connectivity index (χ1n) is 8.75. The van der Waals surface area contributed by atoms with Crippen molar-refractivity contribution >= 4 is 40.5 Å². The first-order chi connectivity index (χ1) is 13.0. The molecule has 140 valence electrons. The molecule has 0 spiro atoms. The fourth-order valence-corrected chi connectivity index (χ4v) is 3.70. The van der Waals surface area contributed by atoms with E-state index >= 15 is 0 Å². The molecule has 0 radical (unpaired) electrons. The highest BCUT2D eigenvalue weighted by atomic mass is 35.5. The second-order valence-corrected chi connectivity index (χ2v) is 7.22. The number of halogens is 2. The Kier molecular flexibility index (Phi) is 6.00. The molecule has 0 amide bonds. The van der Waals surface area contributed by atoms with Crippen LogP contribution in [0.5, 0.6) is 0 Å². The Bertz CT molecular complexity index is 937. The predicted octanol–water partition coefficient (Wildman–Crippen LogP) is 5.16. The topological polar surface area (TPSA) is 66.4 Å². The van der Waals surface area contributed by atoms with Crippen molar-refractivity contribution in [3.8, 4) is 0 Å². The van der Waals surface area contributed by atoms with E-state index in [9.17, 15) is 14.7 Å². The van der Waals surface area contributed by atoms with Gasteiger partial charge in [0.15, 0.2) is 0 Å². The third-order valence-electron chi connectivity index (χ3n) is 4.57. The first kappa shape index (κ1) is 19.6. The number of hydrogen-bond acceptors (Lipinski definition) is 4. The normalized spacial score (nSPS) is 15.1. The van der Waals surface area contributed by atoms with Crippen LogP contribution >= 0.6 is 23.2 Å². The second kappa shape index (κ2) is 8.26. The van der Waals surface area contributed by atoms with Crippen LogP contribution < -0.4 is 5.32 Å². The van der Waals surface area contributed by atoms with Crippen LogP contribution in [-0.2, 0) is 4.79 Å². The number of rotatable bonds is 6. The number of fused-ring (bicyclic) bond motifs is 1. The van der Waals surface area contributed by atoms with E-state index in [-0.39, 0.29) is 16.9 Å².